The highest BCUT2D eigenvalue weighted by molar-refractivity contribution is 5.93. The van der Waals surface area contributed by atoms with Gasteiger partial charge in [-0.25, -0.2) is 9.97 Å². The lowest BCUT2D eigenvalue weighted by atomic mass is 9.95. The van der Waals surface area contributed by atoms with Crippen molar-refractivity contribution in [2.75, 3.05) is 5.32 Å². The first-order valence-electron chi connectivity index (χ1n) is 8.44. The average Bonchev–Trinajstić information content (AvgIpc) is 2.63. The molecule has 1 aliphatic rings. The van der Waals surface area contributed by atoms with Gasteiger partial charge >= 0.3 is 0 Å². The fourth-order valence-corrected chi connectivity index (χ4v) is 3.38. The molecule has 5 heteroatoms. The Balaban J connectivity index is 1.74. The third-order valence-electron chi connectivity index (χ3n) is 4.67. The van der Waals surface area contributed by atoms with Crippen molar-refractivity contribution in [3.63, 3.8) is 0 Å². The number of aromatic nitrogens is 3. The van der Waals surface area contributed by atoms with Crippen molar-refractivity contribution in [3.05, 3.63) is 43.0 Å². The van der Waals surface area contributed by atoms with Gasteiger partial charge in [0.2, 0.25) is 0 Å². The molecule has 2 aromatic heterocycles. The Morgan fingerprint density at radius 3 is 2.75 bits per heavy atom. The molecule has 0 saturated heterocycles. The minimum atomic E-state index is -0.0250. The smallest absolute Gasteiger partial charge is 0.137 e. The molecule has 122 valence electrons. The standard InChI is InChI=1S/C19H20N4O/c24-18-8-9-20-11-16(18)13-6-7-17-15(10-13)19(22-12-21-17)23-14-4-2-1-3-5-14/h6-12,14H,1-5H2,(H,20,24)(H,21,22,23)/p-1. The lowest BCUT2D eigenvalue weighted by Gasteiger charge is -2.24. The molecule has 5 nitrogen and oxygen atoms in total. The molecule has 1 fully saturated rings. The van der Waals surface area contributed by atoms with Gasteiger partial charge in [-0.1, -0.05) is 37.1 Å². The fourth-order valence-electron chi connectivity index (χ4n) is 3.38. The summed E-state index contributed by atoms with van der Waals surface area (Å²) >= 11 is 0. The van der Waals surface area contributed by atoms with Gasteiger partial charge in [0.1, 0.15) is 12.1 Å². The first kappa shape index (κ1) is 14.9. The second-order valence-electron chi connectivity index (χ2n) is 6.31. The molecule has 0 aliphatic heterocycles. The van der Waals surface area contributed by atoms with Crippen LogP contribution in [0.15, 0.2) is 43.0 Å². The molecule has 0 radical (unpaired) electrons. The summed E-state index contributed by atoms with van der Waals surface area (Å²) in [6.45, 7) is 0. The van der Waals surface area contributed by atoms with Crippen LogP contribution in [0.5, 0.6) is 5.75 Å². The van der Waals surface area contributed by atoms with Crippen molar-refractivity contribution >= 4 is 16.7 Å². The number of anilines is 1. The highest BCUT2D eigenvalue weighted by Gasteiger charge is 2.15. The highest BCUT2D eigenvalue weighted by Crippen LogP contribution is 2.31. The summed E-state index contributed by atoms with van der Waals surface area (Å²) in [7, 11) is 0. The number of hydrogen-bond donors (Lipinski definition) is 1. The zero-order valence-electron chi connectivity index (χ0n) is 13.4. The summed E-state index contributed by atoms with van der Waals surface area (Å²) in [6, 6.07) is 7.79. The van der Waals surface area contributed by atoms with Crippen LogP contribution in [0, 0.1) is 0 Å². The first-order chi connectivity index (χ1) is 11.8. The molecular weight excluding hydrogens is 300 g/mol. The molecule has 0 amide bonds. The molecule has 0 unspecified atom stereocenters. The number of nitrogens with zero attached hydrogens (tertiary/aromatic N) is 3. The van der Waals surface area contributed by atoms with Gasteiger partial charge in [-0.3, -0.25) is 4.98 Å². The predicted molar refractivity (Wildman–Crippen MR) is 92.7 cm³/mol. The molecule has 1 N–H and O–H groups in total. The van der Waals surface area contributed by atoms with Crippen LogP contribution in [0.1, 0.15) is 32.1 Å². The normalized spacial score (nSPS) is 15.5. The Bertz CT molecular complexity index is 859. The van der Waals surface area contributed by atoms with Crippen molar-refractivity contribution in [2.45, 2.75) is 38.1 Å². The van der Waals surface area contributed by atoms with E-state index in [0.717, 1.165) is 22.3 Å². The summed E-state index contributed by atoms with van der Waals surface area (Å²) in [5, 5.41) is 16.6. The van der Waals surface area contributed by atoms with Gasteiger partial charge in [0.05, 0.1) is 5.52 Å². The topological polar surface area (TPSA) is 73.8 Å². The Hall–Kier alpha value is -2.69. The molecule has 0 spiro atoms. The van der Waals surface area contributed by atoms with E-state index >= 15 is 0 Å². The third-order valence-corrected chi connectivity index (χ3v) is 4.67. The van der Waals surface area contributed by atoms with E-state index in [1.165, 1.54) is 44.4 Å². The first-order valence-corrected chi connectivity index (χ1v) is 8.44. The maximum Gasteiger partial charge on any atom is 0.137 e. The number of rotatable bonds is 3. The maximum absolute atomic E-state index is 12.1. The van der Waals surface area contributed by atoms with E-state index in [4.69, 9.17) is 0 Å². The quantitative estimate of drug-likeness (QED) is 0.799. The minimum absolute atomic E-state index is 0.0250. The molecule has 1 saturated carbocycles. The zero-order chi connectivity index (χ0) is 16.4. The summed E-state index contributed by atoms with van der Waals surface area (Å²) in [5.74, 6) is 0.827. The molecule has 4 rings (SSSR count). The van der Waals surface area contributed by atoms with Crippen LogP contribution in [0.2, 0.25) is 0 Å². The van der Waals surface area contributed by atoms with Crippen LogP contribution in [0.4, 0.5) is 5.82 Å². The molecule has 1 aliphatic carbocycles. The van der Waals surface area contributed by atoms with Crippen LogP contribution in [0.3, 0.4) is 0 Å². The molecule has 0 bridgehead atoms. The number of fused-ring (bicyclic) bond motifs is 1. The van der Waals surface area contributed by atoms with Crippen molar-refractivity contribution < 1.29 is 5.11 Å². The van der Waals surface area contributed by atoms with Crippen molar-refractivity contribution in [3.8, 4) is 16.9 Å². The zero-order valence-corrected chi connectivity index (χ0v) is 13.4. The van der Waals surface area contributed by atoms with E-state index in [1.807, 2.05) is 18.2 Å². The van der Waals surface area contributed by atoms with Gasteiger partial charge in [-0.15, -0.1) is 0 Å². The Morgan fingerprint density at radius 1 is 1.04 bits per heavy atom. The Kier molecular flexibility index (Phi) is 3.99. The van der Waals surface area contributed by atoms with Crippen LogP contribution in [0.25, 0.3) is 22.0 Å². The summed E-state index contributed by atoms with van der Waals surface area (Å²) < 4.78 is 0. The van der Waals surface area contributed by atoms with Crippen LogP contribution in [-0.4, -0.2) is 21.0 Å². The summed E-state index contributed by atoms with van der Waals surface area (Å²) in [4.78, 5) is 12.9. The van der Waals surface area contributed by atoms with Gasteiger partial charge < -0.3 is 10.4 Å². The molecular formula is C19H19N4O-. The lowest BCUT2D eigenvalue weighted by Crippen LogP contribution is -2.23. The fraction of sp³-hybridized carbons (Fsp3) is 0.316. The number of pyridine rings is 1. The van der Waals surface area contributed by atoms with E-state index in [2.05, 4.69) is 20.3 Å². The number of hydrogen-bond acceptors (Lipinski definition) is 5. The maximum atomic E-state index is 12.1. The van der Waals surface area contributed by atoms with E-state index in [-0.39, 0.29) is 5.75 Å². The molecule has 24 heavy (non-hydrogen) atoms. The van der Waals surface area contributed by atoms with Crippen LogP contribution >= 0.6 is 0 Å². The Labute approximate surface area is 140 Å². The average molecular weight is 319 g/mol. The van der Waals surface area contributed by atoms with E-state index in [9.17, 15) is 5.11 Å². The van der Waals surface area contributed by atoms with Crippen LogP contribution in [-0.2, 0) is 0 Å². The number of nitrogens with one attached hydrogen (secondary N) is 1. The highest BCUT2D eigenvalue weighted by atomic mass is 16.3. The molecule has 1 aromatic carbocycles. The summed E-state index contributed by atoms with van der Waals surface area (Å²) in [5.41, 5.74) is 2.33. The van der Waals surface area contributed by atoms with Crippen molar-refractivity contribution in [1.29, 1.82) is 0 Å². The van der Waals surface area contributed by atoms with Gasteiger partial charge in [0.25, 0.3) is 0 Å². The SMILES string of the molecule is [O-]c1ccncc1-c1ccc2ncnc(NC3CCCCC3)c2c1. The monoisotopic (exact) mass is 319 g/mol. The second kappa shape index (κ2) is 6.43. The van der Waals surface area contributed by atoms with E-state index in [0.29, 0.717) is 11.6 Å². The van der Waals surface area contributed by atoms with Crippen LogP contribution < -0.4 is 10.4 Å². The minimum Gasteiger partial charge on any atom is -0.872 e. The molecule has 3 aromatic rings. The third kappa shape index (κ3) is 2.89. The van der Waals surface area contributed by atoms with Crippen molar-refractivity contribution in [1.82, 2.24) is 15.0 Å². The van der Waals surface area contributed by atoms with Gasteiger partial charge in [-0.05, 0) is 36.1 Å². The van der Waals surface area contributed by atoms with Gasteiger partial charge in [-0.2, -0.15) is 0 Å². The molecule has 2 heterocycles. The largest absolute Gasteiger partial charge is 0.872 e. The predicted octanol–water partition coefficient (Wildman–Crippen LogP) is 3.51. The van der Waals surface area contributed by atoms with E-state index < -0.39 is 0 Å². The van der Waals surface area contributed by atoms with Gasteiger partial charge in [0.15, 0.2) is 0 Å². The van der Waals surface area contributed by atoms with Gasteiger partial charge in [0, 0.05) is 23.8 Å². The Morgan fingerprint density at radius 2 is 1.92 bits per heavy atom. The van der Waals surface area contributed by atoms with Crippen molar-refractivity contribution in [2.24, 2.45) is 0 Å². The second-order valence-corrected chi connectivity index (χ2v) is 6.31. The van der Waals surface area contributed by atoms with E-state index in [1.54, 1.807) is 12.5 Å². The number of benzene rings is 1. The lowest BCUT2D eigenvalue weighted by molar-refractivity contribution is -0.267. The summed E-state index contributed by atoms with van der Waals surface area (Å²) in [6.07, 6.45) is 10.9. The molecule has 0 atom stereocenters.